The SMILES string of the molecule is N#Cc1c[nH]c2ncc(Cl)cc12. The first-order chi connectivity index (χ1) is 5.81. The zero-order valence-electron chi connectivity index (χ0n) is 6.00. The number of hydrogen-bond donors (Lipinski definition) is 1. The molecule has 0 bridgehead atoms. The Bertz CT molecular complexity index is 467. The first kappa shape index (κ1) is 7.14. The summed E-state index contributed by atoms with van der Waals surface area (Å²) in [5.41, 5.74) is 1.26. The number of nitrogens with one attached hydrogen (secondary N) is 1. The van der Waals surface area contributed by atoms with E-state index in [9.17, 15) is 0 Å². The normalized spacial score (nSPS) is 10.0. The molecule has 2 aromatic heterocycles. The number of aromatic amines is 1. The maximum atomic E-state index is 8.67. The van der Waals surface area contributed by atoms with Crippen LogP contribution in [0.25, 0.3) is 11.0 Å². The summed E-state index contributed by atoms with van der Waals surface area (Å²) < 4.78 is 0. The molecular weight excluding hydrogens is 174 g/mol. The molecule has 1 N–H and O–H groups in total. The van der Waals surface area contributed by atoms with Crippen LogP contribution in [0.3, 0.4) is 0 Å². The first-order valence-corrected chi connectivity index (χ1v) is 3.72. The molecule has 0 atom stereocenters. The van der Waals surface area contributed by atoms with Crippen LogP contribution in [0.1, 0.15) is 5.56 Å². The Morgan fingerprint density at radius 2 is 2.42 bits per heavy atom. The second-order valence-electron chi connectivity index (χ2n) is 2.36. The van der Waals surface area contributed by atoms with Crippen molar-refractivity contribution in [2.45, 2.75) is 0 Å². The molecule has 0 saturated heterocycles. The Balaban J connectivity index is 2.86. The lowest BCUT2D eigenvalue weighted by molar-refractivity contribution is 1.32. The zero-order valence-corrected chi connectivity index (χ0v) is 6.76. The minimum absolute atomic E-state index is 0.540. The summed E-state index contributed by atoms with van der Waals surface area (Å²) in [7, 11) is 0. The van der Waals surface area contributed by atoms with Crippen molar-refractivity contribution >= 4 is 22.6 Å². The van der Waals surface area contributed by atoms with Gasteiger partial charge in [-0.15, -0.1) is 0 Å². The van der Waals surface area contributed by atoms with Crippen LogP contribution in [0.15, 0.2) is 18.5 Å². The molecular formula is C8H4ClN3. The fraction of sp³-hybridized carbons (Fsp3) is 0. The fourth-order valence-corrected chi connectivity index (χ4v) is 1.23. The van der Waals surface area contributed by atoms with Crippen molar-refractivity contribution in [1.29, 1.82) is 5.26 Å². The van der Waals surface area contributed by atoms with Gasteiger partial charge < -0.3 is 4.98 Å². The van der Waals surface area contributed by atoms with Crippen LogP contribution >= 0.6 is 11.6 Å². The highest BCUT2D eigenvalue weighted by Gasteiger charge is 2.03. The van der Waals surface area contributed by atoms with Crippen molar-refractivity contribution in [2.75, 3.05) is 0 Å². The Labute approximate surface area is 73.6 Å². The van der Waals surface area contributed by atoms with E-state index in [2.05, 4.69) is 9.97 Å². The number of halogens is 1. The number of hydrogen-bond acceptors (Lipinski definition) is 2. The van der Waals surface area contributed by atoms with Gasteiger partial charge in [0, 0.05) is 17.8 Å². The van der Waals surface area contributed by atoms with Gasteiger partial charge in [-0.25, -0.2) is 4.98 Å². The summed E-state index contributed by atoms with van der Waals surface area (Å²) in [5, 5.41) is 9.98. The summed E-state index contributed by atoms with van der Waals surface area (Å²) in [6.45, 7) is 0. The number of aromatic nitrogens is 2. The van der Waals surface area contributed by atoms with Gasteiger partial charge in [0.2, 0.25) is 0 Å². The lowest BCUT2D eigenvalue weighted by Gasteiger charge is -1.89. The fourth-order valence-electron chi connectivity index (χ4n) is 1.07. The molecule has 12 heavy (non-hydrogen) atoms. The van der Waals surface area contributed by atoms with Crippen LogP contribution in [-0.2, 0) is 0 Å². The monoisotopic (exact) mass is 177 g/mol. The number of fused-ring (bicyclic) bond motifs is 1. The van der Waals surface area contributed by atoms with E-state index in [4.69, 9.17) is 16.9 Å². The van der Waals surface area contributed by atoms with E-state index in [-0.39, 0.29) is 0 Å². The highest BCUT2D eigenvalue weighted by atomic mass is 35.5. The van der Waals surface area contributed by atoms with Crippen molar-refractivity contribution in [2.24, 2.45) is 0 Å². The maximum Gasteiger partial charge on any atom is 0.138 e. The predicted molar refractivity (Wildman–Crippen MR) is 45.8 cm³/mol. The Kier molecular flexibility index (Phi) is 1.49. The second-order valence-corrected chi connectivity index (χ2v) is 2.80. The van der Waals surface area contributed by atoms with Gasteiger partial charge in [0.1, 0.15) is 11.7 Å². The smallest absolute Gasteiger partial charge is 0.138 e. The quantitative estimate of drug-likeness (QED) is 0.670. The van der Waals surface area contributed by atoms with Crippen LogP contribution in [0.5, 0.6) is 0 Å². The van der Waals surface area contributed by atoms with Gasteiger partial charge in [0.25, 0.3) is 0 Å². The first-order valence-electron chi connectivity index (χ1n) is 3.34. The third-order valence-electron chi connectivity index (χ3n) is 1.62. The Morgan fingerprint density at radius 3 is 3.17 bits per heavy atom. The highest BCUT2D eigenvalue weighted by molar-refractivity contribution is 6.31. The number of pyridine rings is 1. The number of rotatable bonds is 0. The standard InChI is InChI=1S/C8H4ClN3/c9-6-1-7-5(2-10)3-11-8(7)12-4-6/h1,3-4H,(H,11,12). The molecule has 2 rings (SSSR count). The molecule has 0 aliphatic heterocycles. The third-order valence-corrected chi connectivity index (χ3v) is 1.82. The summed E-state index contributed by atoms with van der Waals surface area (Å²) in [5.74, 6) is 0. The molecule has 0 spiro atoms. The molecule has 0 saturated carbocycles. The molecule has 58 valence electrons. The van der Waals surface area contributed by atoms with Crippen molar-refractivity contribution in [1.82, 2.24) is 9.97 Å². The molecule has 0 aliphatic carbocycles. The topological polar surface area (TPSA) is 52.5 Å². The van der Waals surface area contributed by atoms with Crippen LogP contribution in [0.4, 0.5) is 0 Å². The summed E-state index contributed by atoms with van der Waals surface area (Å²) in [6, 6.07) is 3.77. The lowest BCUT2D eigenvalue weighted by Crippen LogP contribution is -1.75. The maximum absolute atomic E-state index is 8.67. The summed E-state index contributed by atoms with van der Waals surface area (Å²) in [6.07, 6.45) is 3.16. The van der Waals surface area contributed by atoms with Crippen molar-refractivity contribution in [3.63, 3.8) is 0 Å². The molecule has 3 nitrogen and oxygen atoms in total. The average Bonchev–Trinajstić information content (AvgIpc) is 2.46. The van der Waals surface area contributed by atoms with Crippen molar-refractivity contribution < 1.29 is 0 Å². The molecule has 2 aromatic rings. The van der Waals surface area contributed by atoms with Gasteiger partial charge in [0.05, 0.1) is 10.6 Å². The Hall–Kier alpha value is -1.53. The van der Waals surface area contributed by atoms with Crippen LogP contribution in [0.2, 0.25) is 5.02 Å². The largest absolute Gasteiger partial charge is 0.345 e. The van der Waals surface area contributed by atoms with Crippen molar-refractivity contribution in [3.05, 3.63) is 29.0 Å². The highest BCUT2D eigenvalue weighted by Crippen LogP contribution is 2.18. The van der Waals surface area contributed by atoms with E-state index in [1.165, 1.54) is 0 Å². The van der Waals surface area contributed by atoms with E-state index in [0.717, 1.165) is 5.39 Å². The van der Waals surface area contributed by atoms with E-state index in [0.29, 0.717) is 16.2 Å². The van der Waals surface area contributed by atoms with Gasteiger partial charge in [-0.05, 0) is 6.07 Å². The molecule has 0 fully saturated rings. The van der Waals surface area contributed by atoms with Crippen LogP contribution in [0, 0.1) is 11.3 Å². The van der Waals surface area contributed by atoms with Gasteiger partial charge in [-0.2, -0.15) is 5.26 Å². The predicted octanol–water partition coefficient (Wildman–Crippen LogP) is 2.09. The van der Waals surface area contributed by atoms with Gasteiger partial charge >= 0.3 is 0 Å². The molecule has 2 heterocycles. The summed E-state index contributed by atoms with van der Waals surface area (Å²) >= 11 is 5.72. The number of H-pyrrole nitrogens is 1. The molecule has 0 unspecified atom stereocenters. The number of nitrogens with zero attached hydrogens (tertiary/aromatic N) is 2. The molecule has 0 amide bonds. The Morgan fingerprint density at radius 1 is 1.58 bits per heavy atom. The number of nitriles is 1. The lowest BCUT2D eigenvalue weighted by atomic mass is 10.2. The van der Waals surface area contributed by atoms with E-state index < -0.39 is 0 Å². The molecule has 0 radical (unpaired) electrons. The second kappa shape index (κ2) is 2.50. The van der Waals surface area contributed by atoms with Gasteiger partial charge in [-0.1, -0.05) is 11.6 Å². The zero-order chi connectivity index (χ0) is 8.55. The van der Waals surface area contributed by atoms with Crippen LogP contribution in [-0.4, -0.2) is 9.97 Å². The van der Waals surface area contributed by atoms with E-state index in [1.54, 1.807) is 18.5 Å². The van der Waals surface area contributed by atoms with Crippen molar-refractivity contribution in [3.8, 4) is 6.07 Å². The molecule has 4 heteroatoms. The minimum atomic E-state index is 0.540. The molecule has 0 aliphatic rings. The summed E-state index contributed by atoms with van der Waals surface area (Å²) in [4.78, 5) is 6.88. The third kappa shape index (κ3) is 0.936. The van der Waals surface area contributed by atoms with Gasteiger partial charge in [-0.3, -0.25) is 0 Å². The average molecular weight is 178 g/mol. The van der Waals surface area contributed by atoms with Crippen LogP contribution < -0.4 is 0 Å². The molecule has 0 aromatic carbocycles. The van der Waals surface area contributed by atoms with E-state index in [1.807, 2.05) is 6.07 Å². The van der Waals surface area contributed by atoms with E-state index >= 15 is 0 Å². The minimum Gasteiger partial charge on any atom is -0.345 e. The van der Waals surface area contributed by atoms with Gasteiger partial charge in [0.15, 0.2) is 0 Å².